The Morgan fingerprint density at radius 2 is 2.15 bits per heavy atom. The summed E-state index contributed by atoms with van der Waals surface area (Å²) in [6.07, 6.45) is 6.83. The van der Waals surface area contributed by atoms with Crippen LogP contribution in [-0.4, -0.2) is 14.6 Å². The van der Waals surface area contributed by atoms with Gasteiger partial charge in [-0.05, 0) is 30.2 Å². The Hall–Kier alpha value is -2.31. The molecule has 0 aliphatic heterocycles. The van der Waals surface area contributed by atoms with Crippen LogP contribution in [0.1, 0.15) is 22.7 Å². The molecule has 1 unspecified atom stereocenters. The summed E-state index contributed by atoms with van der Waals surface area (Å²) in [6.45, 7) is 1.92. The first-order chi connectivity index (χ1) is 9.70. The van der Waals surface area contributed by atoms with Gasteiger partial charge in [0, 0.05) is 18.0 Å². The van der Waals surface area contributed by atoms with E-state index < -0.39 is 0 Å². The zero-order chi connectivity index (χ0) is 14.1. The van der Waals surface area contributed by atoms with Gasteiger partial charge in [-0.1, -0.05) is 6.07 Å². The molecule has 0 bridgehead atoms. The number of rotatable bonds is 3. The molecule has 1 atom stereocenters. The van der Waals surface area contributed by atoms with Crippen molar-refractivity contribution in [1.29, 1.82) is 0 Å². The van der Waals surface area contributed by atoms with Crippen molar-refractivity contribution in [1.82, 2.24) is 20.0 Å². The number of fused-ring (bicyclic) bond motifs is 1. The second-order valence-corrected chi connectivity index (χ2v) is 4.61. The lowest BCUT2D eigenvalue weighted by atomic mass is 9.96. The number of hydrogen-bond acceptors (Lipinski definition) is 4. The van der Waals surface area contributed by atoms with Crippen LogP contribution in [0.3, 0.4) is 0 Å². The molecule has 3 N–H and O–H groups in total. The van der Waals surface area contributed by atoms with E-state index in [-0.39, 0.29) is 11.9 Å². The first-order valence-corrected chi connectivity index (χ1v) is 6.20. The van der Waals surface area contributed by atoms with E-state index in [1.807, 2.05) is 6.92 Å². The Morgan fingerprint density at radius 3 is 2.95 bits per heavy atom. The molecule has 20 heavy (non-hydrogen) atoms. The second kappa shape index (κ2) is 4.99. The van der Waals surface area contributed by atoms with Crippen molar-refractivity contribution in [3.05, 3.63) is 65.5 Å². The highest BCUT2D eigenvalue weighted by Gasteiger charge is 2.19. The molecule has 0 aliphatic rings. The maximum absolute atomic E-state index is 13.5. The van der Waals surface area contributed by atoms with Crippen LogP contribution in [0.25, 0.3) is 5.52 Å². The van der Waals surface area contributed by atoms with E-state index in [1.54, 1.807) is 35.4 Å². The fourth-order valence-corrected chi connectivity index (χ4v) is 2.34. The van der Waals surface area contributed by atoms with Gasteiger partial charge in [-0.2, -0.15) is 5.10 Å². The summed E-state index contributed by atoms with van der Waals surface area (Å²) in [7, 11) is 0. The summed E-state index contributed by atoms with van der Waals surface area (Å²) in [4.78, 5) is 4.09. The summed E-state index contributed by atoms with van der Waals surface area (Å²) >= 11 is 0. The third kappa shape index (κ3) is 2.04. The number of aromatic nitrogens is 3. The van der Waals surface area contributed by atoms with Crippen LogP contribution in [-0.2, 0) is 0 Å². The standard InChI is InChI=1S/C14H14FN5/c1-9-2-3-10(15)6-11(9)14(19-16)12-7-18-20-5-4-17-8-13(12)20/h2-8,14,19H,16H2,1H3. The van der Waals surface area contributed by atoms with E-state index >= 15 is 0 Å². The number of nitrogens with two attached hydrogens (primary N) is 1. The van der Waals surface area contributed by atoms with Crippen LogP contribution in [0, 0.1) is 12.7 Å². The Balaban J connectivity index is 2.16. The third-order valence-electron chi connectivity index (χ3n) is 3.38. The van der Waals surface area contributed by atoms with Gasteiger partial charge in [0.2, 0.25) is 0 Å². The SMILES string of the molecule is Cc1ccc(F)cc1C(NN)c1cnn2ccncc12. The Labute approximate surface area is 115 Å². The smallest absolute Gasteiger partial charge is 0.123 e. The van der Waals surface area contributed by atoms with Gasteiger partial charge in [-0.15, -0.1) is 0 Å². The second-order valence-electron chi connectivity index (χ2n) is 4.61. The molecule has 0 aliphatic carbocycles. The minimum Gasteiger partial charge on any atom is -0.271 e. The molecule has 2 aromatic heterocycles. The van der Waals surface area contributed by atoms with Crippen molar-refractivity contribution in [2.24, 2.45) is 5.84 Å². The van der Waals surface area contributed by atoms with E-state index in [0.29, 0.717) is 0 Å². The van der Waals surface area contributed by atoms with Gasteiger partial charge in [-0.25, -0.2) is 14.3 Å². The average Bonchev–Trinajstić information content (AvgIpc) is 2.88. The lowest BCUT2D eigenvalue weighted by Crippen LogP contribution is -2.29. The van der Waals surface area contributed by atoms with Crippen LogP contribution in [0.15, 0.2) is 43.0 Å². The van der Waals surface area contributed by atoms with Gasteiger partial charge in [0.25, 0.3) is 0 Å². The predicted octanol–water partition coefficient (Wildman–Crippen LogP) is 1.73. The summed E-state index contributed by atoms with van der Waals surface area (Å²) < 4.78 is 15.2. The molecule has 3 rings (SSSR count). The number of benzene rings is 1. The molecule has 6 heteroatoms. The largest absolute Gasteiger partial charge is 0.271 e. The molecule has 0 amide bonds. The molecule has 2 heterocycles. The van der Waals surface area contributed by atoms with Gasteiger partial charge >= 0.3 is 0 Å². The highest BCUT2D eigenvalue weighted by molar-refractivity contribution is 5.56. The van der Waals surface area contributed by atoms with Crippen LogP contribution >= 0.6 is 0 Å². The molecule has 5 nitrogen and oxygen atoms in total. The topological polar surface area (TPSA) is 68.2 Å². The molecule has 102 valence electrons. The summed E-state index contributed by atoms with van der Waals surface area (Å²) in [5.74, 6) is 5.38. The summed E-state index contributed by atoms with van der Waals surface area (Å²) in [5.41, 5.74) is 6.16. The van der Waals surface area contributed by atoms with E-state index in [0.717, 1.165) is 22.2 Å². The minimum absolute atomic E-state index is 0.291. The normalized spacial score (nSPS) is 12.8. The maximum atomic E-state index is 13.5. The van der Waals surface area contributed by atoms with Crippen LogP contribution in [0.2, 0.25) is 0 Å². The number of hydrazine groups is 1. The van der Waals surface area contributed by atoms with Crippen LogP contribution in [0.5, 0.6) is 0 Å². The molecular weight excluding hydrogens is 257 g/mol. The number of aryl methyl sites for hydroxylation is 1. The van der Waals surface area contributed by atoms with Crippen molar-refractivity contribution in [3.63, 3.8) is 0 Å². The zero-order valence-corrected chi connectivity index (χ0v) is 10.9. The number of hydrogen-bond donors (Lipinski definition) is 2. The molecule has 0 saturated heterocycles. The third-order valence-corrected chi connectivity index (χ3v) is 3.38. The van der Waals surface area contributed by atoms with Crippen molar-refractivity contribution in [2.75, 3.05) is 0 Å². The Morgan fingerprint density at radius 1 is 1.30 bits per heavy atom. The monoisotopic (exact) mass is 271 g/mol. The Kier molecular flexibility index (Phi) is 3.17. The fourth-order valence-electron chi connectivity index (χ4n) is 2.34. The van der Waals surface area contributed by atoms with Gasteiger partial charge < -0.3 is 0 Å². The molecule has 0 saturated carbocycles. The van der Waals surface area contributed by atoms with Gasteiger partial charge in [0.1, 0.15) is 5.82 Å². The lowest BCUT2D eigenvalue weighted by molar-refractivity contribution is 0.604. The van der Waals surface area contributed by atoms with Crippen molar-refractivity contribution in [3.8, 4) is 0 Å². The average molecular weight is 271 g/mol. The number of halogens is 1. The van der Waals surface area contributed by atoms with Crippen molar-refractivity contribution >= 4 is 5.52 Å². The van der Waals surface area contributed by atoms with Gasteiger partial charge in [-0.3, -0.25) is 10.8 Å². The van der Waals surface area contributed by atoms with Gasteiger partial charge in [0.15, 0.2) is 0 Å². The lowest BCUT2D eigenvalue weighted by Gasteiger charge is -2.17. The first-order valence-electron chi connectivity index (χ1n) is 6.20. The highest BCUT2D eigenvalue weighted by atomic mass is 19.1. The minimum atomic E-state index is -0.340. The van der Waals surface area contributed by atoms with E-state index in [9.17, 15) is 4.39 Å². The fraction of sp³-hybridized carbons (Fsp3) is 0.143. The zero-order valence-electron chi connectivity index (χ0n) is 10.9. The molecular formula is C14H14FN5. The number of nitrogens with one attached hydrogen (secondary N) is 1. The van der Waals surface area contributed by atoms with E-state index in [4.69, 9.17) is 5.84 Å². The van der Waals surface area contributed by atoms with Crippen LogP contribution in [0.4, 0.5) is 4.39 Å². The van der Waals surface area contributed by atoms with Crippen molar-refractivity contribution < 1.29 is 4.39 Å². The molecule has 0 spiro atoms. The summed E-state index contributed by atoms with van der Waals surface area (Å²) in [5, 5.41) is 4.25. The first kappa shape index (κ1) is 12.7. The van der Waals surface area contributed by atoms with E-state index in [1.165, 1.54) is 12.1 Å². The highest BCUT2D eigenvalue weighted by Crippen LogP contribution is 2.27. The van der Waals surface area contributed by atoms with E-state index in [2.05, 4.69) is 15.5 Å². The molecule has 3 aromatic rings. The van der Waals surface area contributed by atoms with Crippen LogP contribution < -0.4 is 11.3 Å². The molecule has 1 aromatic carbocycles. The number of nitrogens with zero attached hydrogens (tertiary/aromatic N) is 3. The van der Waals surface area contributed by atoms with Crippen molar-refractivity contribution in [2.45, 2.75) is 13.0 Å². The molecule has 0 fully saturated rings. The Bertz CT molecular complexity index is 752. The van der Waals surface area contributed by atoms with Gasteiger partial charge in [0.05, 0.1) is 24.0 Å². The summed E-state index contributed by atoms with van der Waals surface area (Å²) in [6, 6.07) is 4.32. The predicted molar refractivity (Wildman–Crippen MR) is 73.3 cm³/mol. The quantitative estimate of drug-likeness (QED) is 0.562. The maximum Gasteiger partial charge on any atom is 0.123 e. The molecule has 0 radical (unpaired) electrons.